The van der Waals surface area contributed by atoms with E-state index in [0.29, 0.717) is 11.1 Å². The van der Waals surface area contributed by atoms with Gasteiger partial charge in [-0.3, -0.25) is 4.79 Å². The number of carbonyl (C=O) groups is 1. The predicted octanol–water partition coefficient (Wildman–Crippen LogP) is 4.27. The van der Waals surface area contributed by atoms with Crippen LogP contribution in [-0.2, 0) is 0 Å². The zero-order valence-electron chi connectivity index (χ0n) is 9.39. The summed E-state index contributed by atoms with van der Waals surface area (Å²) in [7, 11) is 0. The zero-order valence-corrected chi connectivity index (χ0v) is 10.2. The molecule has 3 rings (SSSR count). The molecule has 0 saturated carbocycles. The van der Waals surface area contributed by atoms with Crippen molar-refractivity contribution in [2.45, 2.75) is 0 Å². The van der Waals surface area contributed by atoms with Crippen LogP contribution in [0.5, 0.6) is 0 Å². The molecule has 0 amide bonds. The van der Waals surface area contributed by atoms with Gasteiger partial charge in [-0.15, -0.1) is 11.3 Å². The Kier molecular flexibility index (Phi) is 2.68. The molecule has 0 aliphatic rings. The van der Waals surface area contributed by atoms with Gasteiger partial charge in [-0.25, -0.2) is 4.39 Å². The second kappa shape index (κ2) is 4.35. The topological polar surface area (TPSA) is 17.1 Å². The summed E-state index contributed by atoms with van der Waals surface area (Å²) in [4.78, 5) is 12.4. The molecule has 1 heterocycles. The number of carbonyl (C=O) groups excluding carboxylic acids is 1. The van der Waals surface area contributed by atoms with Crippen molar-refractivity contribution in [1.82, 2.24) is 0 Å². The summed E-state index contributed by atoms with van der Waals surface area (Å²) in [6.45, 7) is 0. The van der Waals surface area contributed by atoms with Crippen LogP contribution in [-0.4, -0.2) is 5.78 Å². The molecule has 0 atom stereocenters. The molecular formula is C15H9FOS. The average Bonchev–Trinajstić information content (AvgIpc) is 2.86. The molecule has 88 valence electrons. The van der Waals surface area contributed by atoms with Crippen LogP contribution in [0, 0.1) is 5.82 Å². The van der Waals surface area contributed by atoms with Crippen LogP contribution in [0.2, 0.25) is 0 Å². The van der Waals surface area contributed by atoms with Crippen molar-refractivity contribution in [3.63, 3.8) is 0 Å². The van der Waals surface area contributed by atoms with Gasteiger partial charge in [0.05, 0.1) is 0 Å². The highest BCUT2D eigenvalue weighted by Crippen LogP contribution is 2.26. The molecule has 0 bridgehead atoms. The molecule has 0 radical (unpaired) electrons. The van der Waals surface area contributed by atoms with Crippen molar-refractivity contribution in [3.05, 3.63) is 70.9 Å². The molecule has 1 nitrogen and oxygen atoms in total. The molecule has 0 saturated heterocycles. The molecule has 1 aromatic heterocycles. The van der Waals surface area contributed by atoms with Crippen LogP contribution < -0.4 is 0 Å². The van der Waals surface area contributed by atoms with E-state index in [1.807, 2.05) is 23.6 Å². The molecular weight excluding hydrogens is 247 g/mol. The third-order valence-corrected chi connectivity index (χ3v) is 3.77. The molecule has 2 aromatic carbocycles. The second-order valence-corrected chi connectivity index (χ2v) is 4.90. The number of ketones is 1. The molecule has 0 fully saturated rings. The largest absolute Gasteiger partial charge is 0.289 e. The number of hydrogen-bond acceptors (Lipinski definition) is 2. The van der Waals surface area contributed by atoms with E-state index in [-0.39, 0.29) is 11.6 Å². The fourth-order valence-electron chi connectivity index (χ4n) is 1.96. The van der Waals surface area contributed by atoms with Gasteiger partial charge >= 0.3 is 0 Å². The summed E-state index contributed by atoms with van der Waals surface area (Å²) >= 11 is 1.53. The fraction of sp³-hybridized carbons (Fsp3) is 0. The molecule has 3 aromatic rings. The first kappa shape index (κ1) is 11.1. The van der Waals surface area contributed by atoms with Gasteiger partial charge in [-0.1, -0.05) is 24.3 Å². The SMILES string of the molecule is O=C(c1cccc(F)c1)c1cccc2ccsc12. The van der Waals surface area contributed by atoms with E-state index in [9.17, 15) is 9.18 Å². The van der Waals surface area contributed by atoms with Crippen LogP contribution >= 0.6 is 11.3 Å². The normalized spacial score (nSPS) is 10.7. The summed E-state index contributed by atoms with van der Waals surface area (Å²) in [5.74, 6) is -0.526. The minimum atomic E-state index is -0.390. The highest BCUT2D eigenvalue weighted by Gasteiger charge is 2.13. The Bertz CT molecular complexity index is 730. The van der Waals surface area contributed by atoms with Gasteiger partial charge in [-0.05, 0) is 35.0 Å². The lowest BCUT2D eigenvalue weighted by Crippen LogP contribution is -2.01. The lowest BCUT2D eigenvalue weighted by atomic mass is 10.0. The molecule has 18 heavy (non-hydrogen) atoms. The maximum atomic E-state index is 13.1. The van der Waals surface area contributed by atoms with Crippen LogP contribution in [0.3, 0.4) is 0 Å². The molecule has 0 aliphatic heterocycles. The van der Waals surface area contributed by atoms with Crippen molar-refractivity contribution >= 4 is 27.2 Å². The minimum Gasteiger partial charge on any atom is -0.289 e. The first-order valence-corrected chi connectivity index (χ1v) is 6.40. The summed E-state index contributed by atoms with van der Waals surface area (Å²) < 4.78 is 14.1. The molecule has 0 unspecified atom stereocenters. The van der Waals surface area contributed by atoms with Crippen LogP contribution in [0.25, 0.3) is 10.1 Å². The summed E-state index contributed by atoms with van der Waals surface area (Å²) in [6, 6.07) is 13.4. The van der Waals surface area contributed by atoms with Gasteiger partial charge in [0.2, 0.25) is 0 Å². The molecule has 3 heteroatoms. The van der Waals surface area contributed by atoms with Gasteiger partial charge in [0.1, 0.15) is 5.82 Å². The number of thiophene rings is 1. The Morgan fingerprint density at radius 3 is 2.72 bits per heavy atom. The third kappa shape index (κ3) is 1.83. The summed E-state index contributed by atoms with van der Waals surface area (Å²) in [5, 5.41) is 3.00. The molecule has 0 N–H and O–H groups in total. The van der Waals surface area contributed by atoms with E-state index < -0.39 is 0 Å². The Morgan fingerprint density at radius 1 is 1.06 bits per heavy atom. The Labute approximate surface area is 108 Å². The number of rotatable bonds is 2. The number of benzene rings is 2. The van der Waals surface area contributed by atoms with Gasteiger partial charge in [0, 0.05) is 15.8 Å². The van der Waals surface area contributed by atoms with Gasteiger partial charge in [0.25, 0.3) is 0 Å². The van der Waals surface area contributed by atoms with E-state index in [0.717, 1.165) is 10.1 Å². The van der Waals surface area contributed by atoms with E-state index in [4.69, 9.17) is 0 Å². The lowest BCUT2D eigenvalue weighted by Gasteiger charge is -2.02. The highest BCUT2D eigenvalue weighted by atomic mass is 32.1. The molecule has 0 aliphatic carbocycles. The standard InChI is InChI=1S/C15H9FOS/c16-12-5-1-4-11(9-12)14(17)13-6-2-3-10-7-8-18-15(10)13/h1-9H. The predicted molar refractivity (Wildman–Crippen MR) is 71.7 cm³/mol. The van der Waals surface area contributed by atoms with Crippen molar-refractivity contribution in [1.29, 1.82) is 0 Å². The smallest absolute Gasteiger partial charge is 0.194 e. The van der Waals surface area contributed by atoms with E-state index in [1.54, 1.807) is 18.2 Å². The summed E-state index contributed by atoms with van der Waals surface area (Å²) in [5.41, 5.74) is 1.02. The first-order valence-electron chi connectivity index (χ1n) is 5.52. The number of fused-ring (bicyclic) bond motifs is 1. The van der Waals surface area contributed by atoms with Crippen molar-refractivity contribution in [2.24, 2.45) is 0 Å². The number of halogens is 1. The highest BCUT2D eigenvalue weighted by molar-refractivity contribution is 7.17. The van der Waals surface area contributed by atoms with Crippen LogP contribution in [0.4, 0.5) is 4.39 Å². The van der Waals surface area contributed by atoms with Gasteiger partial charge in [-0.2, -0.15) is 0 Å². The average molecular weight is 256 g/mol. The first-order chi connectivity index (χ1) is 8.75. The third-order valence-electron chi connectivity index (χ3n) is 2.81. The van der Waals surface area contributed by atoms with E-state index in [1.165, 1.54) is 23.5 Å². The van der Waals surface area contributed by atoms with Crippen molar-refractivity contribution in [2.75, 3.05) is 0 Å². The Hall–Kier alpha value is -2.00. The number of hydrogen-bond donors (Lipinski definition) is 0. The zero-order chi connectivity index (χ0) is 12.5. The minimum absolute atomic E-state index is 0.137. The van der Waals surface area contributed by atoms with Gasteiger partial charge < -0.3 is 0 Å². The summed E-state index contributed by atoms with van der Waals surface area (Å²) in [6.07, 6.45) is 0. The molecule has 0 spiro atoms. The van der Waals surface area contributed by atoms with E-state index >= 15 is 0 Å². The maximum Gasteiger partial charge on any atom is 0.194 e. The fourth-order valence-corrected chi connectivity index (χ4v) is 2.87. The lowest BCUT2D eigenvalue weighted by molar-refractivity contribution is 0.104. The van der Waals surface area contributed by atoms with Crippen molar-refractivity contribution < 1.29 is 9.18 Å². The quantitative estimate of drug-likeness (QED) is 0.626. The Morgan fingerprint density at radius 2 is 1.89 bits per heavy atom. The van der Waals surface area contributed by atoms with E-state index in [2.05, 4.69) is 0 Å². The van der Waals surface area contributed by atoms with Crippen LogP contribution in [0.1, 0.15) is 15.9 Å². The van der Waals surface area contributed by atoms with Gasteiger partial charge in [0.15, 0.2) is 5.78 Å². The van der Waals surface area contributed by atoms with Crippen molar-refractivity contribution in [3.8, 4) is 0 Å². The maximum absolute atomic E-state index is 13.1. The van der Waals surface area contributed by atoms with Crippen LogP contribution in [0.15, 0.2) is 53.9 Å². The Balaban J connectivity index is 2.15. The second-order valence-electron chi connectivity index (χ2n) is 3.98. The monoisotopic (exact) mass is 256 g/mol.